The van der Waals surface area contributed by atoms with Crippen LogP contribution in [0.5, 0.6) is 0 Å². The lowest BCUT2D eigenvalue weighted by Crippen LogP contribution is -2.31. The molecule has 0 heterocycles. The average molecular weight is 250 g/mol. The van der Waals surface area contributed by atoms with Gasteiger partial charge in [0.2, 0.25) is 0 Å². The summed E-state index contributed by atoms with van der Waals surface area (Å²) in [5, 5.41) is 0.963. The van der Waals surface area contributed by atoms with Crippen LogP contribution in [0, 0.1) is 0 Å². The van der Waals surface area contributed by atoms with Gasteiger partial charge in [-0.15, -0.1) is 0 Å². The van der Waals surface area contributed by atoms with Crippen molar-refractivity contribution < 1.29 is 0 Å². The Balaban J connectivity index is 1.94. The van der Waals surface area contributed by atoms with Crippen LogP contribution in [0.1, 0.15) is 55.6 Å². The van der Waals surface area contributed by atoms with E-state index in [1.165, 1.54) is 49.7 Å². The Labute approximate surface area is 108 Å². The van der Waals surface area contributed by atoms with Crippen molar-refractivity contribution >= 4 is 11.6 Å². The second kappa shape index (κ2) is 4.29. The minimum atomic E-state index is 0.214. The van der Waals surface area contributed by atoms with Gasteiger partial charge in [-0.1, -0.05) is 36.6 Å². The van der Waals surface area contributed by atoms with Crippen LogP contribution in [0.2, 0.25) is 5.02 Å². The zero-order valence-corrected chi connectivity index (χ0v) is 11.0. The summed E-state index contributed by atoms with van der Waals surface area (Å²) in [6.07, 6.45) is 7.67. The average Bonchev–Trinajstić information content (AvgIpc) is 3.07. The molecule has 0 spiro atoms. The van der Waals surface area contributed by atoms with E-state index in [0.29, 0.717) is 0 Å². The highest BCUT2D eigenvalue weighted by atomic mass is 35.5. The molecule has 2 fully saturated rings. The lowest BCUT2D eigenvalue weighted by Gasteiger charge is -2.28. The molecule has 1 aromatic carbocycles. The Kier molecular flexibility index (Phi) is 2.92. The van der Waals surface area contributed by atoms with Crippen molar-refractivity contribution in [1.29, 1.82) is 0 Å². The normalized spacial score (nSPS) is 22.9. The largest absolute Gasteiger partial charge is 0.330 e. The summed E-state index contributed by atoms with van der Waals surface area (Å²) in [4.78, 5) is 0. The molecule has 0 bridgehead atoms. The summed E-state index contributed by atoms with van der Waals surface area (Å²) in [7, 11) is 0. The minimum Gasteiger partial charge on any atom is -0.330 e. The molecule has 0 unspecified atom stereocenters. The monoisotopic (exact) mass is 249 g/mol. The maximum Gasteiger partial charge on any atom is 0.0443 e. The smallest absolute Gasteiger partial charge is 0.0443 e. The first kappa shape index (κ1) is 11.6. The quantitative estimate of drug-likeness (QED) is 0.861. The molecule has 92 valence electrons. The van der Waals surface area contributed by atoms with Crippen LogP contribution in [0.15, 0.2) is 18.2 Å². The summed E-state index contributed by atoms with van der Waals surface area (Å²) in [5.41, 5.74) is 8.95. The van der Waals surface area contributed by atoms with E-state index in [4.69, 9.17) is 17.3 Å². The van der Waals surface area contributed by atoms with Gasteiger partial charge >= 0.3 is 0 Å². The van der Waals surface area contributed by atoms with Crippen molar-refractivity contribution in [3.8, 4) is 0 Å². The molecular weight excluding hydrogens is 230 g/mol. The van der Waals surface area contributed by atoms with Crippen molar-refractivity contribution in [1.82, 2.24) is 0 Å². The molecule has 0 atom stereocenters. The van der Waals surface area contributed by atoms with E-state index in [1.54, 1.807) is 0 Å². The van der Waals surface area contributed by atoms with E-state index in [0.717, 1.165) is 17.5 Å². The topological polar surface area (TPSA) is 26.0 Å². The van der Waals surface area contributed by atoms with Crippen molar-refractivity contribution in [3.63, 3.8) is 0 Å². The molecule has 2 N–H and O–H groups in total. The second-order valence-corrected chi connectivity index (χ2v) is 6.11. The lowest BCUT2D eigenvalue weighted by atomic mass is 9.78. The molecule has 0 aromatic heterocycles. The van der Waals surface area contributed by atoms with Crippen LogP contribution >= 0.6 is 11.6 Å². The van der Waals surface area contributed by atoms with Gasteiger partial charge in [0, 0.05) is 17.0 Å². The van der Waals surface area contributed by atoms with Crippen molar-refractivity contribution in [2.75, 3.05) is 6.54 Å². The fraction of sp³-hybridized carbons (Fsp3) is 0.600. The molecule has 2 saturated carbocycles. The number of rotatable bonds is 3. The van der Waals surface area contributed by atoms with Crippen LogP contribution in [0.3, 0.4) is 0 Å². The fourth-order valence-electron chi connectivity index (χ4n) is 3.24. The summed E-state index contributed by atoms with van der Waals surface area (Å²) < 4.78 is 0. The lowest BCUT2D eigenvalue weighted by molar-refractivity contribution is 0.453. The van der Waals surface area contributed by atoms with Gasteiger partial charge in [-0.3, -0.25) is 0 Å². The van der Waals surface area contributed by atoms with Crippen LogP contribution < -0.4 is 5.73 Å². The first-order valence-electron chi connectivity index (χ1n) is 6.75. The molecule has 2 aliphatic rings. The van der Waals surface area contributed by atoms with E-state index in [2.05, 4.69) is 18.2 Å². The van der Waals surface area contributed by atoms with Gasteiger partial charge in [0.1, 0.15) is 0 Å². The van der Waals surface area contributed by atoms with Crippen molar-refractivity contribution in [3.05, 3.63) is 34.3 Å². The van der Waals surface area contributed by atoms with E-state index >= 15 is 0 Å². The highest BCUT2D eigenvalue weighted by Gasteiger charge is 2.35. The molecule has 0 aliphatic heterocycles. The summed E-state index contributed by atoms with van der Waals surface area (Å²) >= 11 is 6.42. The molecule has 1 aromatic rings. The Hall–Kier alpha value is -0.530. The van der Waals surface area contributed by atoms with Crippen molar-refractivity contribution in [2.45, 2.75) is 49.9 Å². The van der Waals surface area contributed by atoms with E-state index < -0.39 is 0 Å². The van der Waals surface area contributed by atoms with Gasteiger partial charge in [-0.2, -0.15) is 0 Å². The highest BCUT2D eigenvalue weighted by molar-refractivity contribution is 6.31. The predicted octanol–water partition coefficient (Wildman–Crippen LogP) is 3.99. The molecule has 3 rings (SSSR count). The third kappa shape index (κ3) is 2.00. The number of halogens is 1. The standard InChI is InChI=1S/C15H20ClN/c16-14-9-12(5-6-13(14)11-3-4-11)15(10-17)7-1-2-8-15/h5-6,9,11H,1-4,7-8,10,17H2. The Bertz CT molecular complexity index is 417. The van der Waals surface area contributed by atoms with Crippen LogP contribution in [-0.2, 0) is 5.41 Å². The van der Waals surface area contributed by atoms with E-state index in [-0.39, 0.29) is 5.41 Å². The molecule has 2 aliphatic carbocycles. The van der Waals surface area contributed by atoms with Gasteiger partial charge in [-0.25, -0.2) is 0 Å². The van der Waals surface area contributed by atoms with Gasteiger partial charge in [0.15, 0.2) is 0 Å². The van der Waals surface area contributed by atoms with Gasteiger partial charge < -0.3 is 5.73 Å². The zero-order chi connectivity index (χ0) is 11.9. The zero-order valence-electron chi connectivity index (χ0n) is 10.2. The Morgan fingerprint density at radius 2 is 1.94 bits per heavy atom. The Morgan fingerprint density at radius 3 is 2.47 bits per heavy atom. The number of hydrogen-bond donors (Lipinski definition) is 1. The number of benzene rings is 1. The number of hydrogen-bond acceptors (Lipinski definition) is 1. The minimum absolute atomic E-state index is 0.214. The third-order valence-corrected chi connectivity index (χ3v) is 4.91. The second-order valence-electron chi connectivity index (χ2n) is 5.70. The summed E-state index contributed by atoms with van der Waals surface area (Å²) in [6.45, 7) is 0.756. The molecule has 1 nitrogen and oxygen atoms in total. The Morgan fingerprint density at radius 1 is 1.24 bits per heavy atom. The molecule has 0 radical (unpaired) electrons. The molecule has 0 amide bonds. The molecule has 2 heteroatoms. The van der Waals surface area contributed by atoms with E-state index in [9.17, 15) is 0 Å². The van der Waals surface area contributed by atoms with Gasteiger partial charge in [0.05, 0.1) is 0 Å². The number of nitrogens with two attached hydrogens (primary N) is 1. The van der Waals surface area contributed by atoms with Gasteiger partial charge in [0.25, 0.3) is 0 Å². The molecule has 0 saturated heterocycles. The molecular formula is C15H20ClN. The van der Waals surface area contributed by atoms with Crippen molar-refractivity contribution in [2.24, 2.45) is 5.73 Å². The third-order valence-electron chi connectivity index (χ3n) is 4.58. The SMILES string of the molecule is NCC1(c2ccc(C3CC3)c(Cl)c2)CCCC1. The maximum atomic E-state index is 6.42. The first-order chi connectivity index (χ1) is 8.25. The summed E-state index contributed by atoms with van der Waals surface area (Å²) in [6, 6.07) is 6.70. The fourth-order valence-corrected chi connectivity index (χ4v) is 3.58. The first-order valence-corrected chi connectivity index (χ1v) is 7.13. The predicted molar refractivity (Wildman–Crippen MR) is 72.6 cm³/mol. The van der Waals surface area contributed by atoms with E-state index in [1.807, 2.05) is 0 Å². The van der Waals surface area contributed by atoms with Crippen LogP contribution in [0.4, 0.5) is 0 Å². The summed E-state index contributed by atoms with van der Waals surface area (Å²) in [5.74, 6) is 0.731. The van der Waals surface area contributed by atoms with Gasteiger partial charge in [-0.05, 0) is 48.8 Å². The highest BCUT2D eigenvalue weighted by Crippen LogP contribution is 2.46. The maximum absolute atomic E-state index is 6.42. The van der Waals surface area contributed by atoms with Crippen LogP contribution in [0.25, 0.3) is 0 Å². The molecule has 17 heavy (non-hydrogen) atoms. The van der Waals surface area contributed by atoms with Crippen LogP contribution in [-0.4, -0.2) is 6.54 Å².